The Morgan fingerprint density at radius 1 is 1.39 bits per heavy atom. The highest BCUT2D eigenvalue weighted by Crippen LogP contribution is 2.27. The van der Waals surface area contributed by atoms with E-state index in [1.807, 2.05) is 12.1 Å². The number of thiazole rings is 1. The van der Waals surface area contributed by atoms with E-state index >= 15 is 0 Å². The van der Waals surface area contributed by atoms with Crippen molar-refractivity contribution in [3.63, 3.8) is 0 Å². The van der Waals surface area contributed by atoms with Crippen molar-refractivity contribution in [1.29, 1.82) is 0 Å². The first kappa shape index (κ1) is 13.6. The third kappa shape index (κ3) is 3.33. The van der Waals surface area contributed by atoms with Crippen LogP contribution in [0.3, 0.4) is 0 Å². The SMILES string of the molecule is Cc1ccc(OCc2csc(C(C)C)n2)c(Br)c1. The van der Waals surface area contributed by atoms with Crippen LogP contribution in [-0.2, 0) is 6.61 Å². The van der Waals surface area contributed by atoms with Gasteiger partial charge in [0.25, 0.3) is 0 Å². The van der Waals surface area contributed by atoms with Gasteiger partial charge in [-0.2, -0.15) is 0 Å². The second-order valence-corrected chi connectivity index (χ2v) is 6.30. The molecule has 0 atom stereocenters. The van der Waals surface area contributed by atoms with E-state index in [1.165, 1.54) is 5.56 Å². The van der Waals surface area contributed by atoms with Crippen molar-refractivity contribution in [3.8, 4) is 5.75 Å². The lowest BCUT2D eigenvalue weighted by Gasteiger charge is -2.07. The molecule has 1 aromatic carbocycles. The number of hydrogen-bond acceptors (Lipinski definition) is 3. The summed E-state index contributed by atoms with van der Waals surface area (Å²) in [4.78, 5) is 4.55. The summed E-state index contributed by atoms with van der Waals surface area (Å²) >= 11 is 5.20. The molecule has 2 rings (SSSR count). The third-order valence-electron chi connectivity index (χ3n) is 2.53. The van der Waals surface area contributed by atoms with E-state index in [9.17, 15) is 0 Å². The lowest BCUT2D eigenvalue weighted by molar-refractivity contribution is 0.300. The van der Waals surface area contributed by atoms with E-state index in [2.05, 4.69) is 53.1 Å². The summed E-state index contributed by atoms with van der Waals surface area (Å²) in [5.74, 6) is 1.34. The monoisotopic (exact) mass is 325 g/mol. The van der Waals surface area contributed by atoms with Crippen molar-refractivity contribution >= 4 is 27.3 Å². The molecule has 0 radical (unpaired) electrons. The molecule has 2 nitrogen and oxygen atoms in total. The number of rotatable bonds is 4. The van der Waals surface area contributed by atoms with Crippen LogP contribution in [0.15, 0.2) is 28.1 Å². The van der Waals surface area contributed by atoms with Gasteiger partial charge in [-0.3, -0.25) is 0 Å². The van der Waals surface area contributed by atoms with Crippen molar-refractivity contribution in [2.24, 2.45) is 0 Å². The maximum absolute atomic E-state index is 5.77. The summed E-state index contributed by atoms with van der Waals surface area (Å²) in [5, 5.41) is 3.23. The quantitative estimate of drug-likeness (QED) is 0.796. The summed E-state index contributed by atoms with van der Waals surface area (Å²) in [6, 6.07) is 6.08. The van der Waals surface area contributed by atoms with E-state index < -0.39 is 0 Å². The van der Waals surface area contributed by atoms with E-state index in [0.29, 0.717) is 12.5 Å². The van der Waals surface area contributed by atoms with Crippen LogP contribution in [0.2, 0.25) is 0 Å². The lowest BCUT2D eigenvalue weighted by atomic mass is 10.2. The molecular formula is C14H16BrNOS. The second-order valence-electron chi connectivity index (χ2n) is 4.55. The second kappa shape index (κ2) is 5.85. The van der Waals surface area contributed by atoms with Gasteiger partial charge < -0.3 is 4.74 Å². The minimum atomic E-state index is 0.481. The maximum Gasteiger partial charge on any atom is 0.134 e. The first-order chi connectivity index (χ1) is 8.56. The van der Waals surface area contributed by atoms with Crippen LogP contribution in [0.25, 0.3) is 0 Å². The molecule has 0 bridgehead atoms. The van der Waals surface area contributed by atoms with Gasteiger partial charge in [0.2, 0.25) is 0 Å². The highest BCUT2D eigenvalue weighted by Gasteiger charge is 2.07. The fraction of sp³-hybridized carbons (Fsp3) is 0.357. The molecule has 0 amide bonds. The van der Waals surface area contributed by atoms with Gasteiger partial charge in [-0.15, -0.1) is 11.3 Å². The molecule has 0 saturated heterocycles. The smallest absolute Gasteiger partial charge is 0.134 e. The molecule has 2 aromatic rings. The number of hydrogen-bond donors (Lipinski definition) is 0. The average molecular weight is 326 g/mol. The molecule has 1 heterocycles. The van der Waals surface area contributed by atoms with E-state index in [0.717, 1.165) is 20.9 Å². The van der Waals surface area contributed by atoms with Crippen LogP contribution in [0.1, 0.15) is 36.0 Å². The Morgan fingerprint density at radius 3 is 2.78 bits per heavy atom. The van der Waals surface area contributed by atoms with E-state index in [4.69, 9.17) is 4.74 Å². The predicted octanol–water partition coefficient (Wildman–Crippen LogP) is 4.92. The molecule has 1 aromatic heterocycles. The summed E-state index contributed by atoms with van der Waals surface area (Å²) < 4.78 is 6.76. The Bertz CT molecular complexity index is 536. The fourth-order valence-corrected chi connectivity index (χ4v) is 2.96. The van der Waals surface area contributed by atoms with Gasteiger partial charge in [-0.25, -0.2) is 4.98 Å². The standard InChI is InChI=1S/C14H16BrNOS/c1-9(2)14-16-11(8-18-14)7-17-13-5-4-10(3)6-12(13)15/h4-6,8-9H,7H2,1-3H3. The summed E-state index contributed by atoms with van der Waals surface area (Å²) in [6.07, 6.45) is 0. The third-order valence-corrected chi connectivity index (χ3v) is 4.34. The van der Waals surface area contributed by atoms with Crippen LogP contribution >= 0.6 is 27.3 Å². The highest BCUT2D eigenvalue weighted by molar-refractivity contribution is 9.10. The number of aryl methyl sites for hydroxylation is 1. The van der Waals surface area contributed by atoms with Crippen LogP contribution in [0.4, 0.5) is 0 Å². The fourth-order valence-electron chi connectivity index (χ4n) is 1.53. The number of nitrogens with zero attached hydrogens (tertiary/aromatic N) is 1. The minimum Gasteiger partial charge on any atom is -0.486 e. The first-order valence-electron chi connectivity index (χ1n) is 5.89. The number of benzene rings is 1. The predicted molar refractivity (Wildman–Crippen MR) is 79.4 cm³/mol. The minimum absolute atomic E-state index is 0.481. The first-order valence-corrected chi connectivity index (χ1v) is 7.57. The Labute approximate surface area is 120 Å². The van der Waals surface area contributed by atoms with Gasteiger partial charge in [-0.05, 0) is 40.5 Å². The largest absolute Gasteiger partial charge is 0.486 e. The molecule has 0 aliphatic carbocycles. The van der Waals surface area contributed by atoms with Crippen molar-refractivity contribution in [3.05, 3.63) is 44.3 Å². The molecule has 0 aliphatic rings. The summed E-state index contributed by atoms with van der Waals surface area (Å²) in [5.41, 5.74) is 2.21. The zero-order valence-electron chi connectivity index (χ0n) is 10.7. The van der Waals surface area contributed by atoms with Crippen molar-refractivity contribution < 1.29 is 4.74 Å². The topological polar surface area (TPSA) is 22.1 Å². The molecule has 0 N–H and O–H groups in total. The molecular weight excluding hydrogens is 310 g/mol. The molecule has 0 saturated carbocycles. The number of aromatic nitrogens is 1. The normalized spacial score (nSPS) is 10.9. The highest BCUT2D eigenvalue weighted by atomic mass is 79.9. The van der Waals surface area contributed by atoms with Crippen molar-refractivity contribution in [1.82, 2.24) is 4.98 Å². The number of halogens is 1. The molecule has 0 spiro atoms. The van der Waals surface area contributed by atoms with E-state index in [-0.39, 0.29) is 0 Å². The van der Waals surface area contributed by atoms with Gasteiger partial charge in [0.1, 0.15) is 12.4 Å². The maximum atomic E-state index is 5.77. The van der Waals surface area contributed by atoms with Gasteiger partial charge in [0, 0.05) is 11.3 Å². The summed E-state index contributed by atoms with van der Waals surface area (Å²) in [6.45, 7) is 6.88. The molecule has 0 fully saturated rings. The van der Waals surface area contributed by atoms with E-state index in [1.54, 1.807) is 11.3 Å². The Balaban J connectivity index is 2.02. The zero-order chi connectivity index (χ0) is 13.1. The zero-order valence-corrected chi connectivity index (χ0v) is 13.1. The van der Waals surface area contributed by atoms with Crippen LogP contribution in [0.5, 0.6) is 5.75 Å². The lowest BCUT2D eigenvalue weighted by Crippen LogP contribution is -1.97. The van der Waals surface area contributed by atoms with Crippen LogP contribution < -0.4 is 4.74 Å². The Hall–Kier alpha value is -0.870. The molecule has 0 aliphatic heterocycles. The van der Waals surface area contributed by atoms with Gasteiger partial charge in [0.05, 0.1) is 15.2 Å². The van der Waals surface area contributed by atoms with Crippen LogP contribution in [-0.4, -0.2) is 4.98 Å². The molecule has 4 heteroatoms. The van der Waals surface area contributed by atoms with Crippen molar-refractivity contribution in [2.45, 2.75) is 33.3 Å². The van der Waals surface area contributed by atoms with Crippen LogP contribution in [0, 0.1) is 6.92 Å². The van der Waals surface area contributed by atoms with Gasteiger partial charge >= 0.3 is 0 Å². The molecule has 0 unspecified atom stereocenters. The summed E-state index contributed by atoms with van der Waals surface area (Å²) in [7, 11) is 0. The average Bonchev–Trinajstić information content (AvgIpc) is 2.76. The number of ether oxygens (including phenoxy) is 1. The van der Waals surface area contributed by atoms with Crippen molar-refractivity contribution in [2.75, 3.05) is 0 Å². The Morgan fingerprint density at radius 2 is 2.17 bits per heavy atom. The van der Waals surface area contributed by atoms with Gasteiger partial charge in [0.15, 0.2) is 0 Å². The Kier molecular flexibility index (Phi) is 4.40. The molecule has 96 valence electrons. The molecule has 18 heavy (non-hydrogen) atoms. The van der Waals surface area contributed by atoms with Gasteiger partial charge in [-0.1, -0.05) is 19.9 Å².